The molecule has 0 spiro atoms. The molecule has 0 bridgehead atoms. The van der Waals surface area contributed by atoms with E-state index in [1.54, 1.807) is 12.1 Å². The minimum Gasteiger partial charge on any atom is -0.506 e. The maximum atomic E-state index is 11.9. The topological polar surface area (TPSA) is 92.3 Å². The summed E-state index contributed by atoms with van der Waals surface area (Å²) >= 11 is 1.25. The van der Waals surface area contributed by atoms with Gasteiger partial charge in [0.2, 0.25) is 0 Å². The van der Waals surface area contributed by atoms with E-state index in [2.05, 4.69) is 9.97 Å². The van der Waals surface area contributed by atoms with E-state index in [0.717, 1.165) is 10.4 Å². The molecule has 112 valence electrons. The summed E-state index contributed by atoms with van der Waals surface area (Å²) in [5, 5.41) is 10.4. The van der Waals surface area contributed by atoms with Crippen LogP contribution in [0.4, 0.5) is 0 Å². The van der Waals surface area contributed by atoms with Crippen LogP contribution >= 0.6 is 11.3 Å². The lowest BCUT2D eigenvalue weighted by Crippen LogP contribution is -2.06. The molecule has 0 aliphatic carbocycles. The number of aromatic hydroxyl groups is 1. The second-order valence-corrected chi connectivity index (χ2v) is 5.79. The van der Waals surface area contributed by atoms with Crippen molar-refractivity contribution in [3.63, 3.8) is 0 Å². The smallest absolute Gasteiger partial charge is 0.348 e. The predicted octanol–water partition coefficient (Wildman–Crippen LogP) is 2.45. The van der Waals surface area contributed by atoms with Crippen molar-refractivity contribution in [2.75, 3.05) is 7.11 Å². The second kappa shape index (κ2) is 5.27. The van der Waals surface area contributed by atoms with Crippen molar-refractivity contribution in [3.05, 3.63) is 45.3 Å². The number of methoxy groups -OCH3 is 1. The van der Waals surface area contributed by atoms with Gasteiger partial charge >= 0.3 is 5.97 Å². The number of phenolic OH excluding ortho intramolecular Hbond substituents is 1. The highest BCUT2D eigenvalue weighted by Gasteiger charge is 2.16. The lowest BCUT2D eigenvalue weighted by Gasteiger charge is -2.04. The maximum Gasteiger partial charge on any atom is 0.348 e. The Labute approximate surface area is 129 Å². The number of benzene rings is 1. The lowest BCUT2D eigenvalue weighted by atomic mass is 10.1. The van der Waals surface area contributed by atoms with Crippen molar-refractivity contribution >= 4 is 28.2 Å². The molecule has 3 rings (SSSR count). The first-order chi connectivity index (χ1) is 10.5. The number of phenols is 1. The van der Waals surface area contributed by atoms with E-state index in [-0.39, 0.29) is 16.8 Å². The van der Waals surface area contributed by atoms with Crippen LogP contribution in [0.15, 0.2) is 29.3 Å². The molecule has 0 atom stereocenters. The van der Waals surface area contributed by atoms with Crippen molar-refractivity contribution in [3.8, 4) is 16.2 Å². The standard InChI is InChI=1S/C15H12N2O4S/c1-7-3-11(15(20)21-2)22-13(7)8-4-9-12(10(18)5-8)16-6-17-14(9)19/h3-6,18H,1-2H3,(H,16,17,19). The molecule has 22 heavy (non-hydrogen) atoms. The molecule has 0 unspecified atom stereocenters. The van der Waals surface area contributed by atoms with Gasteiger partial charge in [0.1, 0.15) is 16.1 Å². The summed E-state index contributed by atoms with van der Waals surface area (Å²) in [4.78, 5) is 31.2. The highest BCUT2D eigenvalue weighted by Crippen LogP contribution is 2.36. The fourth-order valence-corrected chi connectivity index (χ4v) is 3.34. The number of thiophene rings is 1. The van der Waals surface area contributed by atoms with Gasteiger partial charge in [0.25, 0.3) is 5.56 Å². The van der Waals surface area contributed by atoms with Crippen LogP contribution in [0.3, 0.4) is 0 Å². The van der Waals surface area contributed by atoms with Gasteiger partial charge in [-0.2, -0.15) is 0 Å². The summed E-state index contributed by atoms with van der Waals surface area (Å²) in [5.74, 6) is -0.491. The minimum atomic E-state index is -0.413. The molecule has 7 heteroatoms. The summed E-state index contributed by atoms with van der Waals surface area (Å²) in [7, 11) is 1.32. The summed E-state index contributed by atoms with van der Waals surface area (Å²) < 4.78 is 4.71. The molecule has 0 fully saturated rings. The lowest BCUT2D eigenvalue weighted by molar-refractivity contribution is 0.0606. The van der Waals surface area contributed by atoms with Crippen LogP contribution in [0, 0.1) is 6.92 Å². The molecule has 2 heterocycles. The molecule has 6 nitrogen and oxygen atoms in total. The number of fused-ring (bicyclic) bond motifs is 1. The van der Waals surface area contributed by atoms with Crippen LogP contribution in [-0.2, 0) is 4.74 Å². The van der Waals surface area contributed by atoms with E-state index < -0.39 is 5.97 Å². The Morgan fingerprint density at radius 3 is 2.86 bits per heavy atom. The van der Waals surface area contributed by atoms with E-state index in [1.807, 2.05) is 6.92 Å². The number of carbonyl (C=O) groups is 1. The molecule has 0 radical (unpaired) electrons. The largest absolute Gasteiger partial charge is 0.506 e. The zero-order valence-electron chi connectivity index (χ0n) is 11.8. The van der Waals surface area contributed by atoms with Crippen LogP contribution in [-0.4, -0.2) is 28.2 Å². The Morgan fingerprint density at radius 1 is 1.36 bits per heavy atom. The normalized spacial score (nSPS) is 10.8. The second-order valence-electron chi connectivity index (χ2n) is 4.74. The number of aryl methyl sites for hydroxylation is 1. The molecule has 3 aromatic rings. The van der Waals surface area contributed by atoms with Gasteiger partial charge in [-0.05, 0) is 36.2 Å². The summed E-state index contributed by atoms with van der Waals surface area (Å²) in [6.45, 7) is 1.85. The Bertz CT molecular complexity index is 942. The molecule has 0 aliphatic heterocycles. The number of nitrogens with one attached hydrogen (secondary N) is 1. The van der Waals surface area contributed by atoms with E-state index in [9.17, 15) is 14.7 Å². The summed E-state index contributed by atoms with van der Waals surface area (Å²) in [6, 6.07) is 4.91. The van der Waals surface area contributed by atoms with Crippen molar-refractivity contribution in [2.45, 2.75) is 6.92 Å². The Morgan fingerprint density at radius 2 is 2.14 bits per heavy atom. The van der Waals surface area contributed by atoms with Gasteiger partial charge in [-0.15, -0.1) is 11.3 Å². The summed E-state index contributed by atoms with van der Waals surface area (Å²) in [6.07, 6.45) is 1.25. The predicted molar refractivity (Wildman–Crippen MR) is 83.4 cm³/mol. The third kappa shape index (κ3) is 2.25. The van der Waals surface area contributed by atoms with E-state index in [1.165, 1.54) is 30.8 Å². The molecule has 2 aromatic heterocycles. The van der Waals surface area contributed by atoms with Crippen molar-refractivity contribution in [1.29, 1.82) is 0 Å². The van der Waals surface area contributed by atoms with Crippen LogP contribution in [0.1, 0.15) is 15.2 Å². The zero-order chi connectivity index (χ0) is 15.9. The van der Waals surface area contributed by atoms with E-state index >= 15 is 0 Å². The summed E-state index contributed by atoms with van der Waals surface area (Å²) in [5.41, 5.74) is 1.44. The number of carbonyl (C=O) groups excluding carboxylic acids is 1. The number of aromatic nitrogens is 2. The number of ether oxygens (including phenoxy) is 1. The Hall–Kier alpha value is -2.67. The van der Waals surface area contributed by atoms with Gasteiger partial charge in [0.15, 0.2) is 0 Å². The molecule has 0 amide bonds. The number of hydrogen-bond donors (Lipinski definition) is 2. The third-order valence-electron chi connectivity index (χ3n) is 3.29. The number of aromatic amines is 1. The number of rotatable bonds is 2. The van der Waals surface area contributed by atoms with Crippen molar-refractivity contribution in [2.24, 2.45) is 0 Å². The van der Waals surface area contributed by atoms with Gasteiger partial charge in [-0.3, -0.25) is 4.79 Å². The molecular formula is C15H12N2O4S. The minimum absolute atomic E-state index is 0.0778. The third-order valence-corrected chi connectivity index (χ3v) is 4.56. The van der Waals surface area contributed by atoms with Crippen molar-refractivity contribution < 1.29 is 14.6 Å². The Balaban J connectivity index is 2.23. The first kappa shape index (κ1) is 14.3. The van der Waals surface area contributed by atoms with Crippen molar-refractivity contribution in [1.82, 2.24) is 9.97 Å². The fraction of sp³-hybridized carbons (Fsp3) is 0.133. The first-order valence-corrected chi connectivity index (χ1v) is 7.22. The number of nitrogens with zero attached hydrogens (tertiary/aromatic N) is 1. The van der Waals surface area contributed by atoms with Gasteiger partial charge in [-0.25, -0.2) is 9.78 Å². The van der Waals surface area contributed by atoms with Gasteiger partial charge < -0.3 is 14.8 Å². The number of H-pyrrole nitrogens is 1. The van der Waals surface area contributed by atoms with Crippen LogP contribution in [0.5, 0.6) is 5.75 Å². The van der Waals surface area contributed by atoms with Gasteiger partial charge in [0.05, 0.1) is 18.8 Å². The zero-order valence-corrected chi connectivity index (χ0v) is 12.7. The van der Waals surface area contributed by atoms with E-state index in [0.29, 0.717) is 15.8 Å². The first-order valence-electron chi connectivity index (χ1n) is 6.41. The maximum absolute atomic E-state index is 11.9. The average molecular weight is 316 g/mol. The SMILES string of the molecule is COC(=O)c1cc(C)c(-c2cc(O)c3nc[nH]c(=O)c3c2)s1. The van der Waals surface area contributed by atoms with E-state index in [4.69, 9.17) is 4.74 Å². The number of hydrogen-bond acceptors (Lipinski definition) is 6. The number of esters is 1. The molecular weight excluding hydrogens is 304 g/mol. The highest BCUT2D eigenvalue weighted by molar-refractivity contribution is 7.17. The van der Waals surface area contributed by atoms with Crippen LogP contribution in [0.25, 0.3) is 21.3 Å². The molecule has 0 aliphatic rings. The Kier molecular flexibility index (Phi) is 3.42. The van der Waals surface area contributed by atoms with Gasteiger partial charge in [-0.1, -0.05) is 0 Å². The molecule has 2 N–H and O–H groups in total. The quantitative estimate of drug-likeness (QED) is 0.708. The van der Waals surface area contributed by atoms with Gasteiger partial charge in [0, 0.05) is 4.88 Å². The van der Waals surface area contributed by atoms with Crippen LogP contribution < -0.4 is 5.56 Å². The molecule has 0 saturated carbocycles. The fourth-order valence-electron chi connectivity index (χ4n) is 2.26. The molecule has 0 saturated heterocycles. The monoisotopic (exact) mass is 316 g/mol. The molecule has 1 aromatic carbocycles. The van der Waals surface area contributed by atoms with Crippen LogP contribution in [0.2, 0.25) is 0 Å². The highest BCUT2D eigenvalue weighted by atomic mass is 32.1. The average Bonchev–Trinajstić information content (AvgIpc) is 2.89.